The molecule has 1 aromatic rings. The summed E-state index contributed by atoms with van der Waals surface area (Å²) in [5.41, 5.74) is 1.50. The van der Waals surface area contributed by atoms with E-state index < -0.39 is 25.1 Å². The number of hydrogen-bond donors (Lipinski definition) is 5. The minimum atomic E-state index is -1.17. The summed E-state index contributed by atoms with van der Waals surface area (Å²) in [5.74, 6) is -1.29. The van der Waals surface area contributed by atoms with Crippen molar-refractivity contribution in [3.63, 3.8) is 0 Å². The van der Waals surface area contributed by atoms with Crippen molar-refractivity contribution >= 4 is 13.1 Å². The maximum Gasteiger partial charge on any atom is 0.546 e. The molecule has 0 saturated carbocycles. The third kappa shape index (κ3) is 4.44. The van der Waals surface area contributed by atoms with Gasteiger partial charge in [-0.05, 0) is 31.5 Å². The minimum Gasteiger partial charge on any atom is -0.534 e. The fourth-order valence-electron chi connectivity index (χ4n) is 3.77. The van der Waals surface area contributed by atoms with Crippen molar-refractivity contribution in [2.45, 2.75) is 30.9 Å². The molecule has 0 aliphatic carbocycles. The molecule has 0 spiro atoms. The predicted octanol–water partition coefficient (Wildman–Crippen LogP) is -0.534. The lowest BCUT2D eigenvalue weighted by Crippen LogP contribution is -2.54. The Hall–Kier alpha value is -2.07. The topological polar surface area (TPSA) is 114 Å². The van der Waals surface area contributed by atoms with Crippen molar-refractivity contribution in [3.8, 4) is 5.75 Å². The zero-order valence-electron chi connectivity index (χ0n) is 15.4. The molecule has 3 atom stereocenters. The number of likely N-dealkylation sites (tertiary alicyclic amines) is 1. The highest BCUT2D eigenvalue weighted by Gasteiger charge is 2.37. The summed E-state index contributed by atoms with van der Waals surface area (Å²) < 4.78 is 5.48. The van der Waals surface area contributed by atoms with Gasteiger partial charge in [0.05, 0.1) is 17.6 Å². The second-order valence-electron chi connectivity index (χ2n) is 7.15. The number of benzene rings is 1. The molecular formula is C18H26BN3O5. The van der Waals surface area contributed by atoms with E-state index in [9.17, 15) is 20.0 Å². The quantitative estimate of drug-likeness (QED) is 0.422. The number of hydrogen-bond acceptors (Lipinski definition) is 7. The lowest BCUT2D eigenvalue weighted by Gasteiger charge is -2.37. The highest BCUT2D eigenvalue weighted by atomic mass is 16.5. The van der Waals surface area contributed by atoms with Gasteiger partial charge in [0.1, 0.15) is 5.75 Å². The first kappa shape index (κ1) is 19.7. The SMILES string of the molecule is C=C(CN1CCC(NC)C(O)C1)NC1Cc2cccc(C(=O)O)c2OB1O. The van der Waals surface area contributed by atoms with Crippen LogP contribution in [0.2, 0.25) is 0 Å². The van der Waals surface area contributed by atoms with E-state index in [1.54, 1.807) is 12.1 Å². The maximum atomic E-state index is 11.3. The molecule has 5 N–H and O–H groups in total. The Morgan fingerprint density at radius 1 is 1.48 bits per heavy atom. The monoisotopic (exact) mass is 375 g/mol. The predicted molar refractivity (Wildman–Crippen MR) is 102 cm³/mol. The summed E-state index contributed by atoms with van der Waals surface area (Å²) in [4.78, 5) is 13.4. The van der Waals surface area contributed by atoms with Gasteiger partial charge in [-0.3, -0.25) is 4.90 Å². The average molecular weight is 375 g/mol. The Bertz CT molecular complexity index is 716. The van der Waals surface area contributed by atoms with Crippen LogP contribution >= 0.6 is 0 Å². The molecule has 146 valence electrons. The van der Waals surface area contributed by atoms with Crippen LogP contribution in [0.3, 0.4) is 0 Å². The van der Waals surface area contributed by atoms with E-state index in [0.717, 1.165) is 24.2 Å². The van der Waals surface area contributed by atoms with Crippen LogP contribution in [-0.4, -0.2) is 78.0 Å². The maximum absolute atomic E-state index is 11.3. The summed E-state index contributed by atoms with van der Waals surface area (Å²) in [6.45, 7) is 5.99. The van der Waals surface area contributed by atoms with Gasteiger partial charge in [0.25, 0.3) is 0 Å². The smallest absolute Gasteiger partial charge is 0.534 e. The highest BCUT2D eigenvalue weighted by molar-refractivity contribution is 6.46. The molecule has 2 heterocycles. The van der Waals surface area contributed by atoms with Crippen LogP contribution < -0.4 is 15.3 Å². The molecule has 2 aliphatic heterocycles. The number of aliphatic hydroxyl groups excluding tert-OH is 1. The Morgan fingerprint density at radius 2 is 2.26 bits per heavy atom. The van der Waals surface area contributed by atoms with Gasteiger partial charge in [0.2, 0.25) is 0 Å². The number of carbonyl (C=O) groups is 1. The molecule has 27 heavy (non-hydrogen) atoms. The minimum absolute atomic E-state index is 0.0465. The van der Waals surface area contributed by atoms with Crippen molar-refractivity contribution in [3.05, 3.63) is 41.6 Å². The first-order chi connectivity index (χ1) is 12.9. The summed E-state index contributed by atoms with van der Waals surface area (Å²) in [5, 5.41) is 36.0. The van der Waals surface area contributed by atoms with Gasteiger partial charge in [0.15, 0.2) is 0 Å². The van der Waals surface area contributed by atoms with Gasteiger partial charge in [-0.15, -0.1) is 0 Å². The van der Waals surface area contributed by atoms with Gasteiger partial charge >= 0.3 is 13.1 Å². The van der Waals surface area contributed by atoms with Crippen LogP contribution in [0.25, 0.3) is 0 Å². The number of fused-ring (bicyclic) bond motifs is 1. The number of carboxylic acids is 1. The number of likely N-dealkylation sites (N-methyl/N-ethyl adjacent to an activating group) is 1. The lowest BCUT2D eigenvalue weighted by molar-refractivity contribution is 0.0467. The average Bonchev–Trinajstić information content (AvgIpc) is 2.62. The number of carboxylic acid groups (broad SMARTS) is 1. The van der Waals surface area contributed by atoms with Crippen LogP contribution in [-0.2, 0) is 6.42 Å². The normalized spacial score (nSPS) is 25.4. The zero-order valence-corrected chi connectivity index (χ0v) is 15.4. The molecule has 0 aromatic heterocycles. The number of aromatic carboxylic acids is 1. The fourth-order valence-corrected chi connectivity index (χ4v) is 3.77. The number of rotatable bonds is 6. The molecule has 9 heteroatoms. The van der Waals surface area contributed by atoms with Gasteiger partial charge in [-0.2, -0.15) is 0 Å². The van der Waals surface area contributed by atoms with E-state index in [2.05, 4.69) is 22.1 Å². The summed E-state index contributed by atoms with van der Waals surface area (Å²) in [6, 6.07) is 5.03. The Labute approximate surface area is 159 Å². The molecule has 0 bridgehead atoms. The van der Waals surface area contributed by atoms with E-state index in [0.29, 0.717) is 19.5 Å². The van der Waals surface area contributed by atoms with Crippen molar-refractivity contribution in [1.29, 1.82) is 0 Å². The van der Waals surface area contributed by atoms with Gasteiger partial charge < -0.3 is 30.5 Å². The highest BCUT2D eigenvalue weighted by Crippen LogP contribution is 2.30. The standard InChI is InChI=1S/C18H26BN3O5/c1-11(9-22-7-6-14(20-2)15(23)10-22)21-16-8-12-4-3-5-13(18(24)25)17(12)27-19(16)26/h3-5,14-16,20-21,23,26H,1,6-10H2,2H3,(H,24,25). The Morgan fingerprint density at radius 3 is 2.93 bits per heavy atom. The van der Waals surface area contributed by atoms with Crippen LogP contribution in [0.15, 0.2) is 30.5 Å². The van der Waals surface area contributed by atoms with Crippen molar-refractivity contribution in [2.24, 2.45) is 0 Å². The lowest BCUT2D eigenvalue weighted by atomic mass is 9.72. The number of piperidine rings is 1. The van der Waals surface area contributed by atoms with Crippen LogP contribution in [0.4, 0.5) is 0 Å². The molecule has 1 fully saturated rings. The summed E-state index contributed by atoms with van der Waals surface area (Å²) >= 11 is 0. The van der Waals surface area contributed by atoms with Crippen LogP contribution in [0.1, 0.15) is 22.3 Å². The third-order valence-corrected chi connectivity index (χ3v) is 5.19. The molecule has 0 radical (unpaired) electrons. The van der Waals surface area contributed by atoms with Crippen molar-refractivity contribution in [2.75, 3.05) is 26.7 Å². The molecule has 8 nitrogen and oxygen atoms in total. The Kier molecular flexibility index (Phi) is 6.06. The molecule has 3 unspecified atom stereocenters. The number of nitrogens with one attached hydrogen (secondary N) is 2. The number of para-hydroxylation sites is 1. The molecular weight excluding hydrogens is 349 g/mol. The van der Waals surface area contributed by atoms with Crippen molar-refractivity contribution in [1.82, 2.24) is 15.5 Å². The largest absolute Gasteiger partial charge is 0.546 e. The number of aliphatic hydroxyl groups is 1. The van der Waals surface area contributed by atoms with E-state index in [-0.39, 0.29) is 17.4 Å². The third-order valence-electron chi connectivity index (χ3n) is 5.19. The van der Waals surface area contributed by atoms with Gasteiger partial charge in [0, 0.05) is 31.4 Å². The van der Waals surface area contributed by atoms with Crippen molar-refractivity contribution < 1.29 is 24.7 Å². The van der Waals surface area contributed by atoms with Gasteiger partial charge in [-0.1, -0.05) is 18.7 Å². The Balaban J connectivity index is 1.59. The summed E-state index contributed by atoms with van der Waals surface area (Å²) in [6.07, 6.45) is 0.855. The second kappa shape index (κ2) is 8.31. The van der Waals surface area contributed by atoms with E-state index in [1.807, 2.05) is 7.05 Å². The van der Waals surface area contributed by atoms with E-state index >= 15 is 0 Å². The van der Waals surface area contributed by atoms with E-state index in [1.165, 1.54) is 6.07 Å². The molecule has 1 aromatic carbocycles. The number of nitrogens with zero attached hydrogens (tertiary/aromatic N) is 1. The fraction of sp³-hybridized carbons (Fsp3) is 0.500. The first-order valence-corrected chi connectivity index (χ1v) is 9.11. The first-order valence-electron chi connectivity index (χ1n) is 9.11. The van der Waals surface area contributed by atoms with Crippen LogP contribution in [0, 0.1) is 0 Å². The molecule has 3 rings (SSSR count). The van der Waals surface area contributed by atoms with E-state index in [4.69, 9.17) is 4.65 Å². The molecule has 2 aliphatic rings. The summed E-state index contributed by atoms with van der Waals surface area (Å²) in [7, 11) is 0.678. The second-order valence-corrected chi connectivity index (χ2v) is 7.15. The number of β-amino-alcohol motifs (C(OH)–C–C–N with tert-alkyl or cyclic N) is 1. The van der Waals surface area contributed by atoms with Crippen LogP contribution in [0.5, 0.6) is 5.75 Å². The van der Waals surface area contributed by atoms with Gasteiger partial charge in [-0.25, -0.2) is 4.79 Å². The molecule has 0 amide bonds. The molecule has 1 saturated heterocycles. The zero-order chi connectivity index (χ0) is 19.6.